The lowest BCUT2D eigenvalue weighted by atomic mass is 10.1. The van der Waals surface area contributed by atoms with Crippen LogP contribution in [-0.4, -0.2) is 48.6 Å². The van der Waals surface area contributed by atoms with Crippen LogP contribution in [-0.2, 0) is 33.6 Å². The Morgan fingerprint density at radius 1 is 0.757 bits per heavy atom. The fourth-order valence-electron chi connectivity index (χ4n) is 3.86. The number of allylic oxidation sites excluding steroid dienone is 2. The lowest BCUT2D eigenvalue weighted by Gasteiger charge is -2.12. The SMILES string of the molecule is CCCCCCCC/C=C\CCCCCCCCOCCONC(=O)CCC(=O)ON1C(=O)CCC1=O. The number of hydrogen-bond donors (Lipinski definition) is 1. The minimum Gasteiger partial charge on any atom is -0.379 e. The van der Waals surface area contributed by atoms with Crippen molar-refractivity contribution in [1.29, 1.82) is 0 Å². The molecule has 0 atom stereocenters. The number of hydrogen-bond acceptors (Lipinski definition) is 7. The molecule has 3 amide bonds. The first-order valence-electron chi connectivity index (χ1n) is 14.2. The highest BCUT2D eigenvalue weighted by atomic mass is 16.7. The summed E-state index contributed by atoms with van der Waals surface area (Å²) in [6.07, 6.45) is 22.1. The van der Waals surface area contributed by atoms with Crippen molar-refractivity contribution in [2.75, 3.05) is 19.8 Å². The van der Waals surface area contributed by atoms with Crippen LogP contribution in [0.1, 0.15) is 122 Å². The van der Waals surface area contributed by atoms with Gasteiger partial charge in [-0.05, 0) is 32.1 Å². The van der Waals surface area contributed by atoms with Gasteiger partial charge in [0.05, 0.1) is 19.6 Å². The molecule has 0 unspecified atom stereocenters. The highest BCUT2D eigenvalue weighted by Gasteiger charge is 2.32. The fourth-order valence-corrected chi connectivity index (χ4v) is 3.86. The van der Waals surface area contributed by atoms with Gasteiger partial charge in [-0.15, -0.1) is 5.06 Å². The quantitative estimate of drug-likeness (QED) is 0.0770. The summed E-state index contributed by atoms with van der Waals surface area (Å²) >= 11 is 0. The zero-order chi connectivity index (χ0) is 27.0. The van der Waals surface area contributed by atoms with Crippen molar-refractivity contribution in [3.05, 3.63) is 12.2 Å². The Morgan fingerprint density at radius 3 is 1.95 bits per heavy atom. The summed E-state index contributed by atoms with van der Waals surface area (Å²) in [5, 5.41) is 0.463. The molecule has 1 saturated heterocycles. The zero-order valence-electron chi connectivity index (χ0n) is 22.8. The van der Waals surface area contributed by atoms with Crippen molar-refractivity contribution in [3.8, 4) is 0 Å². The average Bonchev–Trinajstić information content (AvgIpc) is 3.20. The van der Waals surface area contributed by atoms with Crippen LogP contribution in [0, 0.1) is 0 Å². The third kappa shape index (κ3) is 18.6. The standard InChI is InChI=1S/C28H48N2O7/c1-2-3-4-5-6-7-8-9-10-11-12-13-14-15-16-17-22-35-23-24-36-29-25(31)18-21-28(34)37-30-26(32)19-20-27(30)33/h9-10H,2-8,11-24H2,1H3,(H,29,31)/b10-9-. The zero-order valence-corrected chi connectivity index (χ0v) is 22.8. The third-order valence-corrected chi connectivity index (χ3v) is 6.07. The van der Waals surface area contributed by atoms with Crippen LogP contribution in [0.3, 0.4) is 0 Å². The van der Waals surface area contributed by atoms with Gasteiger partial charge in [0.25, 0.3) is 11.8 Å². The molecule has 1 aliphatic rings. The summed E-state index contributed by atoms with van der Waals surface area (Å²) in [7, 11) is 0. The maximum atomic E-state index is 11.7. The van der Waals surface area contributed by atoms with E-state index in [2.05, 4.69) is 29.4 Å². The molecule has 0 bridgehead atoms. The Bertz CT molecular complexity index is 665. The van der Waals surface area contributed by atoms with E-state index in [4.69, 9.17) is 9.57 Å². The van der Waals surface area contributed by atoms with Crippen molar-refractivity contribution in [2.45, 2.75) is 122 Å². The molecule has 0 aromatic rings. The van der Waals surface area contributed by atoms with Gasteiger partial charge in [-0.25, -0.2) is 10.3 Å². The maximum absolute atomic E-state index is 11.7. The van der Waals surface area contributed by atoms with Crippen LogP contribution in [0.5, 0.6) is 0 Å². The number of rotatable bonds is 24. The minimum absolute atomic E-state index is 0.0278. The van der Waals surface area contributed by atoms with E-state index in [1.54, 1.807) is 0 Å². The van der Waals surface area contributed by atoms with Gasteiger partial charge >= 0.3 is 5.97 Å². The molecule has 1 fully saturated rings. The third-order valence-electron chi connectivity index (χ3n) is 6.07. The summed E-state index contributed by atoms with van der Waals surface area (Å²) in [4.78, 5) is 55.8. The molecule has 9 heteroatoms. The summed E-state index contributed by atoms with van der Waals surface area (Å²) in [5.41, 5.74) is 2.23. The number of carbonyl (C=O) groups excluding carboxylic acids is 4. The number of hydroxylamine groups is 3. The van der Waals surface area contributed by atoms with Gasteiger partial charge < -0.3 is 9.57 Å². The molecule has 0 saturated carbocycles. The molecule has 0 radical (unpaired) electrons. The molecule has 1 N–H and O–H groups in total. The van der Waals surface area contributed by atoms with E-state index in [9.17, 15) is 19.2 Å². The molecule has 0 aromatic heterocycles. The van der Waals surface area contributed by atoms with Gasteiger partial charge in [0.2, 0.25) is 5.91 Å². The van der Waals surface area contributed by atoms with E-state index in [1.807, 2.05) is 0 Å². The predicted octanol–water partition coefficient (Wildman–Crippen LogP) is 5.48. The monoisotopic (exact) mass is 524 g/mol. The van der Waals surface area contributed by atoms with Crippen LogP contribution in [0.15, 0.2) is 12.2 Å². The van der Waals surface area contributed by atoms with Gasteiger partial charge in [0.1, 0.15) is 0 Å². The van der Waals surface area contributed by atoms with Crippen LogP contribution < -0.4 is 5.48 Å². The average molecular weight is 525 g/mol. The summed E-state index contributed by atoms with van der Waals surface area (Å²) < 4.78 is 5.50. The molecule has 1 aliphatic heterocycles. The normalized spacial score (nSPS) is 13.6. The highest BCUT2D eigenvalue weighted by molar-refractivity contribution is 6.01. The number of nitrogens with one attached hydrogen (secondary N) is 1. The summed E-state index contributed by atoms with van der Waals surface area (Å²) in [5.74, 6) is -2.42. The lowest BCUT2D eigenvalue weighted by Crippen LogP contribution is -2.32. The van der Waals surface area contributed by atoms with Crippen molar-refractivity contribution >= 4 is 23.7 Å². The van der Waals surface area contributed by atoms with E-state index in [0.717, 1.165) is 12.8 Å². The van der Waals surface area contributed by atoms with Crippen LogP contribution >= 0.6 is 0 Å². The Hall–Kier alpha value is -2.26. The maximum Gasteiger partial charge on any atom is 0.333 e. The van der Waals surface area contributed by atoms with E-state index in [1.165, 1.54) is 77.0 Å². The molecule has 0 aromatic carbocycles. The van der Waals surface area contributed by atoms with Crippen LogP contribution in [0.2, 0.25) is 0 Å². The molecular formula is C28H48N2O7. The Morgan fingerprint density at radius 2 is 1.32 bits per heavy atom. The molecule has 0 spiro atoms. The number of carbonyl (C=O) groups is 4. The Kier molecular flexibility index (Phi) is 20.3. The predicted molar refractivity (Wildman–Crippen MR) is 141 cm³/mol. The number of amides is 3. The van der Waals surface area contributed by atoms with Crippen molar-refractivity contribution in [3.63, 3.8) is 0 Å². The van der Waals surface area contributed by atoms with E-state index >= 15 is 0 Å². The first-order valence-corrected chi connectivity index (χ1v) is 14.2. The number of imide groups is 1. The second-order valence-electron chi connectivity index (χ2n) is 9.47. The second kappa shape index (κ2) is 22.9. The van der Waals surface area contributed by atoms with Crippen LogP contribution in [0.4, 0.5) is 0 Å². The van der Waals surface area contributed by atoms with Crippen molar-refractivity contribution < 1.29 is 33.6 Å². The lowest BCUT2D eigenvalue weighted by molar-refractivity contribution is -0.197. The number of ether oxygens (including phenoxy) is 1. The second-order valence-corrected chi connectivity index (χ2v) is 9.47. The van der Waals surface area contributed by atoms with E-state index < -0.39 is 23.7 Å². The van der Waals surface area contributed by atoms with Crippen LogP contribution in [0.25, 0.3) is 0 Å². The number of unbranched alkanes of at least 4 members (excludes halogenated alkanes) is 12. The minimum atomic E-state index is -0.822. The fraction of sp³-hybridized carbons (Fsp3) is 0.786. The molecule has 212 valence electrons. The van der Waals surface area contributed by atoms with E-state index in [0.29, 0.717) is 18.3 Å². The van der Waals surface area contributed by atoms with Gasteiger partial charge in [-0.1, -0.05) is 76.9 Å². The first kappa shape index (κ1) is 32.8. The molecule has 0 aliphatic carbocycles. The molecule has 37 heavy (non-hydrogen) atoms. The molecule has 9 nitrogen and oxygen atoms in total. The molecule has 1 rings (SSSR count). The van der Waals surface area contributed by atoms with E-state index in [-0.39, 0.29) is 32.3 Å². The summed E-state index contributed by atoms with van der Waals surface area (Å²) in [6, 6.07) is 0. The molecule has 1 heterocycles. The topological polar surface area (TPSA) is 111 Å². The van der Waals surface area contributed by atoms with Gasteiger partial charge in [0, 0.05) is 25.9 Å². The Balaban J connectivity index is 1.79. The number of nitrogens with zero attached hydrogens (tertiary/aromatic N) is 1. The van der Waals surface area contributed by atoms with Crippen molar-refractivity contribution in [2.24, 2.45) is 0 Å². The van der Waals surface area contributed by atoms with Crippen molar-refractivity contribution in [1.82, 2.24) is 10.5 Å². The van der Waals surface area contributed by atoms with Gasteiger partial charge in [0.15, 0.2) is 0 Å². The molecular weight excluding hydrogens is 476 g/mol. The summed E-state index contributed by atoms with van der Waals surface area (Å²) in [6.45, 7) is 3.50. The van der Waals surface area contributed by atoms with Gasteiger partial charge in [-0.2, -0.15) is 0 Å². The largest absolute Gasteiger partial charge is 0.379 e. The Labute approximate surface area is 222 Å². The van der Waals surface area contributed by atoms with Gasteiger partial charge in [-0.3, -0.25) is 19.2 Å². The smallest absolute Gasteiger partial charge is 0.333 e. The highest BCUT2D eigenvalue weighted by Crippen LogP contribution is 2.13. The first-order chi connectivity index (χ1) is 18.0.